The van der Waals surface area contributed by atoms with Crippen LogP contribution in [0.4, 0.5) is 0 Å². The summed E-state index contributed by atoms with van der Waals surface area (Å²) in [5.74, 6) is -4.05. The number of carboxylic acid groups (broad SMARTS) is 2. The Labute approximate surface area is 299 Å². The summed E-state index contributed by atoms with van der Waals surface area (Å²) in [6.07, 6.45) is 6.10. The summed E-state index contributed by atoms with van der Waals surface area (Å²) in [5.41, 5.74) is 0.328. The molecule has 0 saturated heterocycles. The first-order chi connectivity index (χ1) is 17.9. The van der Waals surface area contributed by atoms with Crippen molar-refractivity contribution in [3.63, 3.8) is 0 Å². The number of hydrogen-bond acceptors (Lipinski definition) is 8. The molecule has 1 heterocycles. The Kier molecular flexibility index (Phi) is 15.0. The van der Waals surface area contributed by atoms with E-state index in [2.05, 4.69) is 13.5 Å². The Hall–Kier alpha value is -0.794. The first kappa shape index (κ1) is 37.2. The fraction of sp³-hybridized carbons (Fsp3) is 0.607. The van der Waals surface area contributed by atoms with Gasteiger partial charge in [-0.1, -0.05) is 38.2 Å². The molecular formula is C28H36KNaO10. The number of carbonyl (C=O) groups is 5. The van der Waals surface area contributed by atoms with Crippen LogP contribution < -0.4 is 0 Å². The molecule has 40 heavy (non-hydrogen) atoms. The zero-order chi connectivity index (χ0) is 28.1. The van der Waals surface area contributed by atoms with Crippen LogP contribution in [0.3, 0.4) is 0 Å². The molecule has 3 rings (SSSR count). The van der Waals surface area contributed by atoms with E-state index in [1.54, 1.807) is 12.2 Å². The molecule has 2 fully saturated rings. The van der Waals surface area contributed by atoms with Crippen LogP contribution in [0.25, 0.3) is 0 Å². The molecule has 12 heteroatoms. The van der Waals surface area contributed by atoms with Gasteiger partial charge in [0.1, 0.15) is 19.3 Å². The van der Waals surface area contributed by atoms with Gasteiger partial charge in [-0.2, -0.15) is 0 Å². The average Bonchev–Trinajstić information content (AvgIpc) is 3.26. The van der Waals surface area contributed by atoms with Crippen molar-refractivity contribution in [1.82, 2.24) is 0 Å². The van der Waals surface area contributed by atoms with Crippen molar-refractivity contribution >= 4 is 111 Å². The molecule has 5 atom stereocenters. The van der Waals surface area contributed by atoms with E-state index in [1.807, 2.05) is 13.0 Å². The molecular weight excluding hydrogens is 558 g/mol. The number of carboxylic acids is 2. The van der Waals surface area contributed by atoms with E-state index in [9.17, 15) is 24.0 Å². The molecule has 0 spiro atoms. The van der Waals surface area contributed by atoms with E-state index >= 15 is 0 Å². The molecule has 0 unspecified atom stereocenters. The summed E-state index contributed by atoms with van der Waals surface area (Å²) in [6, 6.07) is 0. The minimum Gasteiger partial charge on any atom is -0.481 e. The molecule has 10 nitrogen and oxygen atoms in total. The van der Waals surface area contributed by atoms with Gasteiger partial charge in [0.15, 0.2) is 0 Å². The number of esters is 3. The minimum absolute atomic E-state index is 0. The number of hydrogen-bond donors (Lipinski definition) is 2. The Morgan fingerprint density at radius 2 is 1.70 bits per heavy atom. The predicted molar refractivity (Wildman–Crippen MR) is 145 cm³/mol. The molecule has 2 N–H and O–H groups in total. The van der Waals surface area contributed by atoms with Crippen LogP contribution in [0.2, 0.25) is 0 Å². The van der Waals surface area contributed by atoms with Crippen molar-refractivity contribution in [2.24, 2.45) is 22.7 Å². The summed E-state index contributed by atoms with van der Waals surface area (Å²) in [4.78, 5) is 58.6. The van der Waals surface area contributed by atoms with Crippen molar-refractivity contribution in [3.8, 4) is 0 Å². The zero-order valence-corrected chi connectivity index (χ0v) is 29.0. The van der Waals surface area contributed by atoms with Gasteiger partial charge in [-0.15, -0.1) is 0 Å². The maximum Gasteiger partial charge on any atom is 0.338 e. The van der Waals surface area contributed by atoms with Crippen molar-refractivity contribution < 1.29 is 48.4 Å². The molecule has 3 aliphatic rings. The smallest absolute Gasteiger partial charge is 0.338 e. The second kappa shape index (κ2) is 16.2. The molecule has 1 aliphatic heterocycles. The van der Waals surface area contributed by atoms with Crippen molar-refractivity contribution in [2.45, 2.75) is 71.3 Å². The van der Waals surface area contributed by atoms with Gasteiger partial charge in [0.05, 0.1) is 31.3 Å². The number of fused-ring (bicyclic) bond motifs is 1. The van der Waals surface area contributed by atoms with Gasteiger partial charge in [-0.25, -0.2) is 4.79 Å². The molecule has 210 valence electrons. The van der Waals surface area contributed by atoms with E-state index in [0.29, 0.717) is 31.3 Å². The molecule has 0 aromatic rings. The van der Waals surface area contributed by atoms with Crippen molar-refractivity contribution in [2.75, 3.05) is 13.2 Å². The first-order valence-electron chi connectivity index (χ1n) is 12.9. The van der Waals surface area contributed by atoms with E-state index in [4.69, 9.17) is 24.4 Å². The fourth-order valence-corrected chi connectivity index (χ4v) is 6.30. The number of allylic oxidation sites excluding steroid dienone is 2. The van der Waals surface area contributed by atoms with Gasteiger partial charge in [0.2, 0.25) is 0 Å². The first-order valence-corrected chi connectivity index (χ1v) is 12.9. The second-order valence-electron chi connectivity index (χ2n) is 10.8. The number of aliphatic carboxylic acids is 2. The molecule has 2 saturated carbocycles. The van der Waals surface area contributed by atoms with Gasteiger partial charge in [0.25, 0.3) is 0 Å². The molecule has 2 aliphatic carbocycles. The molecule has 0 aromatic heterocycles. The standard InChI is InChI=1S/C28H36O10.K.Na/c1-17-4-7-20-27(2,19(17)6-5-18-13-15-36-26(18)35)14-12-21(38-25(34)11-9-23(31)32)28(20,3)16-37-24(33)10-8-22(29)30;;/h5-6,13,19-21H,1,4,7-12,14-16H2,2-3H3,(H,29,30)(H,31,32);;/b6-5+;;/t19-,20+,21-,27+,28+;;/m1../s1. The Morgan fingerprint density at radius 3 is 2.27 bits per heavy atom. The maximum absolute atomic E-state index is 12.5. The molecule has 0 amide bonds. The summed E-state index contributed by atoms with van der Waals surface area (Å²) in [5, 5.41) is 17.8. The Morgan fingerprint density at radius 1 is 1.07 bits per heavy atom. The number of rotatable bonds is 11. The van der Waals surface area contributed by atoms with Gasteiger partial charge in [-0.3, -0.25) is 19.2 Å². The third kappa shape index (κ3) is 9.10. The van der Waals surface area contributed by atoms with Crippen LogP contribution in [-0.2, 0) is 38.2 Å². The van der Waals surface area contributed by atoms with Crippen LogP contribution in [-0.4, -0.2) is 140 Å². The van der Waals surface area contributed by atoms with E-state index in [0.717, 1.165) is 5.57 Å². The topological polar surface area (TPSA) is 154 Å². The van der Waals surface area contributed by atoms with Gasteiger partial charge < -0.3 is 24.4 Å². The van der Waals surface area contributed by atoms with Crippen LogP contribution in [0.15, 0.2) is 36.0 Å². The Bertz CT molecular complexity index is 1070. The van der Waals surface area contributed by atoms with Crippen LogP contribution >= 0.6 is 0 Å². The fourth-order valence-electron chi connectivity index (χ4n) is 6.30. The zero-order valence-electron chi connectivity index (χ0n) is 23.9. The summed E-state index contributed by atoms with van der Waals surface area (Å²) >= 11 is 0. The predicted octanol–water partition coefficient (Wildman–Crippen LogP) is 2.84. The van der Waals surface area contributed by atoms with Gasteiger partial charge in [0, 0.05) is 92.3 Å². The maximum atomic E-state index is 12.5. The van der Waals surface area contributed by atoms with Crippen LogP contribution in [0, 0.1) is 22.7 Å². The molecule has 0 aromatic carbocycles. The van der Waals surface area contributed by atoms with Crippen molar-refractivity contribution in [3.05, 3.63) is 36.0 Å². The summed E-state index contributed by atoms with van der Waals surface area (Å²) < 4.78 is 16.4. The van der Waals surface area contributed by atoms with Crippen molar-refractivity contribution in [1.29, 1.82) is 0 Å². The quantitative estimate of drug-likeness (QED) is 0.158. The molecule has 2 radical (unpaired) electrons. The number of ether oxygens (including phenoxy) is 3. The second-order valence-corrected chi connectivity index (χ2v) is 10.8. The summed E-state index contributed by atoms with van der Waals surface area (Å²) in [6.45, 7) is 8.49. The summed E-state index contributed by atoms with van der Waals surface area (Å²) in [7, 11) is 0. The monoisotopic (exact) mass is 594 g/mol. The van der Waals surface area contributed by atoms with Crippen LogP contribution in [0.5, 0.6) is 0 Å². The van der Waals surface area contributed by atoms with Gasteiger partial charge >= 0.3 is 29.8 Å². The number of cyclic esters (lactones) is 1. The number of carbonyl (C=O) groups excluding carboxylic acids is 3. The molecule has 0 bridgehead atoms. The third-order valence-electron chi connectivity index (χ3n) is 8.30. The van der Waals surface area contributed by atoms with E-state index < -0.39 is 35.4 Å². The average molecular weight is 595 g/mol. The SMILES string of the molecule is C=C1CC[C@@H]2[C@](C)(COC(=O)CCC(=O)O)[C@H](OC(=O)CCC(=O)O)CC[C@@]2(C)[C@@H]1/C=C/C1=CCOC1=O.[K].[Na]. The minimum atomic E-state index is -1.11. The van der Waals surface area contributed by atoms with Gasteiger partial charge in [-0.05, 0) is 43.1 Å². The van der Waals surface area contributed by atoms with E-state index in [-0.39, 0.29) is 143 Å². The Balaban J connectivity index is 0.00000400. The normalized spacial score (nSPS) is 29.2. The van der Waals surface area contributed by atoms with Crippen LogP contribution in [0.1, 0.15) is 65.2 Å². The largest absolute Gasteiger partial charge is 0.481 e. The third-order valence-corrected chi connectivity index (χ3v) is 8.30. The van der Waals surface area contributed by atoms with E-state index in [1.165, 1.54) is 0 Å².